The molecule has 2 fully saturated rings. The van der Waals surface area contributed by atoms with Crippen molar-refractivity contribution in [2.45, 2.75) is 135 Å². The molecule has 3 heteroatoms. The molecule has 0 amide bonds. The van der Waals surface area contributed by atoms with Crippen molar-refractivity contribution in [3.63, 3.8) is 0 Å². The maximum absolute atomic E-state index is 2.77. The average Bonchev–Trinajstić information content (AvgIpc) is 3.38. The van der Waals surface area contributed by atoms with Gasteiger partial charge in [0.2, 0.25) is 0 Å². The molecule has 0 nitrogen and oxygen atoms in total. The zero-order valence-electron chi connectivity index (χ0n) is 35.2. The number of rotatable bonds is 8. The van der Waals surface area contributed by atoms with Crippen molar-refractivity contribution in [2.24, 2.45) is 11.8 Å². The summed E-state index contributed by atoms with van der Waals surface area (Å²) in [6.45, 7) is 23.8. The van der Waals surface area contributed by atoms with Crippen molar-refractivity contribution < 1.29 is 41.4 Å². The molecule has 0 aromatic heterocycles. The smallest absolute Gasteiger partial charge is 1.00 e. The molecule has 0 spiro atoms. The molecule has 4 unspecified atom stereocenters. The molecule has 1 saturated heterocycles. The molecule has 55 heavy (non-hydrogen) atoms. The van der Waals surface area contributed by atoms with Crippen molar-refractivity contribution in [1.29, 1.82) is 0 Å². The SMILES string of the molecule is CC(C)CC1=Cc2c(-c3ccc(C(C)(C)C)cc3)cccc2[CH]1[Ti+2]1([CH]2C(CC(C)C)=Cc3c(-c4ccc(C(C)(C)C)cc4)cccc32)[CH]2CCCC[CH]21.[Cl-].[Cl-]. The molecule has 4 atom stereocenters. The van der Waals surface area contributed by atoms with Gasteiger partial charge in [0.25, 0.3) is 0 Å². The summed E-state index contributed by atoms with van der Waals surface area (Å²) in [6, 6.07) is 34.0. The molecule has 3 aliphatic carbocycles. The Bertz CT molecular complexity index is 1920. The van der Waals surface area contributed by atoms with Gasteiger partial charge in [-0.3, -0.25) is 0 Å². The van der Waals surface area contributed by atoms with Crippen LogP contribution in [0.3, 0.4) is 0 Å². The summed E-state index contributed by atoms with van der Waals surface area (Å²) in [5.41, 5.74) is 18.8. The van der Waals surface area contributed by atoms with E-state index in [4.69, 9.17) is 0 Å². The fraction of sp³-hybridized carbons (Fsp3) is 0.462. The fourth-order valence-electron chi connectivity index (χ4n) is 11.5. The molecular weight excluding hydrogens is 743 g/mol. The van der Waals surface area contributed by atoms with Crippen LogP contribution in [0.4, 0.5) is 0 Å². The van der Waals surface area contributed by atoms with Gasteiger partial charge in [0.15, 0.2) is 0 Å². The third-order valence-corrected chi connectivity index (χ3v) is 24.5. The van der Waals surface area contributed by atoms with Crippen LogP contribution < -0.4 is 24.8 Å². The van der Waals surface area contributed by atoms with Crippen molar-refractivity contribution in [1.82, 2.24) is 0 Å². The van der Waals surface area contributed by atoms with Gasteiger partial charge >= 0.3 is 328 Å². The van der Waals surface area contributed by atoms with Crippen LogP contribution in [0.25, 0.3) is 34.4 Å². The molecule has 4 aromatic carbocycles. The first-order chi connectivity index (χ1) is 25.2. The third-order valence-electron chi connectivity index (χ3n) is 13.7. The van der Waals surface area contributed by atoms with Crippen LogP contribution in [-0.2, 0) is 27.4 Å². The van der Waals surface area contributed by atoms with E-state index < -0.39 is 16.6 Å². The van der Waals surface area contributed by atoms with Gasteiger partial charge in [-0.2, -0.15) is 0 Å². The van der Waals surface area contributed by atoms with Gasteiger partial charge in [0.1, 0.15) is 0 Å². The van der Waals surface area contributed by atoms with Crippen molar-refractivity contribution >= 4 is 12.2 Å². The van der Waals surface area contributed by atoms with E-state index in [2.05, 4.69) is 166 Å². The standard InChI is InChI=1S/2C23H27.C6H10.2ClH.Ti/c2*1-16(2)13-17-14-19-7-6-8-21(22(19)15-17)18-9-11-20(12-10-18)23(3,4)5;1-2-4-6-5-3-1;;;/h2*6-12,14-16H,13H2,1-5H3;1-2H,3-6H2;2*1H;/q;;;;;+2/p-2. The van der Waals surface area contributed by atoms with Crippen LogP contribution in [0.15, 0.2) is 96.1 Å². The third kappa shape index (κ3) is 7.46. The summed E-state index contributed by atoms with van der Waals surface area (Å²) in [4.78, 5) is 0. The number of hydrogen-bond donors (Lipinski definition) is 0. The molecule has 290 valence electrons. The summed E-state index contributed by atoms with van der Waals surface area (Å²) in [6.07, 6.45) is 13.7. The summed E-state index contributed by atoms with van der Waals surface area (Å²) >= 11 is -2.77. The Labute approximate surface area is 350 Å². The van der Waals surface area contributed by atoms with Crippen molar-refractivity contribution in [3.05, 3.63) is 129 Å². The summed E-state index contributed by atoms with van der Waals surface area (Å²) in [5, 5.41) is 0. The first-order valence-electron chi connectivity index (χ1n) is 21.1. The van der Waals surface area contributed by atoms with Crippen LogP contribution in [0, 0.1) is 11.8 Å². The van der Waals surface area contributed by atoms with E-state index in [1.807, 2.05) is 0 Å². The minimum absolute atomic E-state index is 0. The normalized spacial score (nSPS) is 22.8. The van der Waals surface area contributed by atoms with Crippen LogP contribution in [-0.4, -0.2) is 0 Å². The Balaban J connectivity index is 0.00000257. The molecule has 0 radical (unpaired) electrons. The predicted octanol–water partition coefficient (Wildman–Crippen LogP) is 9.61. The molecule has 0 N–H and O–H groups in total. The van der Waals surface area contributed by atoms with Crippen molar-refractivity contribution in [2.75, 3.05) is 0 Å². The van der Waals surface area contributed by atoms with Gasteiger partial charge in [-0.05, 0) is 0 Å². The molecule has 1 aliphatic heterocycles. The minimum Gasteiger partial charge on any atom is -1.00 e. The Hall–Kier alpha value is -2.35. The van der Waals surface area contributed by atoms with Crippen LogP contribution in [0.5, 0.6) is 0 Å². The average molecular weight is 808 g/mol. The van der Waals surface area contributed by atoms with Gasteiger partial charge in [0, 0.05) is 0 Å². The fourth-order valence-corrected chi connectivity index (χ4v) is 25.5. The number of benzene rings is 4. The van der Waals surface area contributed by atoms with Gasteiger partial charge in [-0.15, -0.1) is 0 Å². The van der Waals surface area contributed by atoms with Crippen LogP contribution in [0.1, 0.15) is 150 Å². The zero-order chi connectivity index (χ0) is 37.4. The molecule has 0 bridgehead atoms. The molecule has 8 rings (SSSR count). The topological polar surface area (TPSA) is 0 Å². The van der Waals surface area contributed by atoms with E-state index in [1.54, 1.807) is 33.4 Å². The van der Waals surface area contributed by atoms with E-state index in [-0.39, 0.29) is 35.6 Å². The number of fused-ring (bicyclic) bond motifs is 3. The minimum atomic E-state index is -2.77. The van der Waals surface area contributed by atoms with E-state index in [1.165, 1.54) is 71.9 Å². The largest absolute Gasteiger partial charge is 1.00 e. The zero-order valence-corrected chi connectivity index (χ0v) is 38.3. The molecular formula is C52H64Cl2Ti. The molecule has 4 aromatic rings. The van der Waals surface area contributed by atoms with Gasteiger partial charge in [-0.25, -0.2) is 0 Å². The quantitative estimate of drug-likeness (QED) is 0.156. The molecule has 4 aliphatic rings. The second-order valence-corrected chi connectivity index (χ2v) is 27.5. The molecule has 1 heterocycles. The van der Waals surface area contributed by atoms with E-state index in [0.29, 0.717) is 20.3 Å². The number of halogens is 2. The summed E-state index contributed by atoms with van der Waals surface area (Å²) in [5.74, 6) is 1.30. The Kier molecular flexibility index (Phi) is 12.1. The number of allylic oxidation sites excluding steroid dienone is 2. The summed E-state index contributed by atoms with van der Waals surface area (Å²) < 4.78 is 3.23. The second-order valence-electron chi connectivity index (χ2n) is 20.3. The summed E-state index contributed by atoms with van der Waals surface area (Å²) in [7, 11) is 0. The first-order valence-corrected chi connectivity index (χ1v) is 24.7. The van der Waals surface area contributed by atoms with Crippen molar-refractivity contribution in [3.8, 4) is 22.3 Å². The monoisotopic (exact) mass is 806 g/mol. The predicted molar refractivity (Wildman–Crippen MR) is 227 cm³/mol. The Morgan fingerprint density at radius 3 is 1.22 bits per heavy atom. The maximum Gasteiger partial charge on any atom is -1.00 e. The van der Waals surface area contributed by atoms with Crippen LogP contribution in [0.2, 0.25) is 8.45 Å². The van der Waals surface area contributed by atoms with Gasteiger partial charge in [-0.1, -0.05) is 0 Å². The van der Waals surface area contributed by atoms with E-state index in [9.17, 15) is 0 Å². The molecule has 1 saturated carbocycles. The van der Waals surface area contributed by atoms with E-state index >= 15 is 0 Å². The number of hydrogen-bond acceptors (Lipinski definition) is 0. The maximum atomic E-state index is 2.74. The Morgan fingerprint density at radius 2 is 0.891 bits per heavy atom. The van der Waals surface area contributed by atoms with Crippen LogP contribution >= 0.6 is 0 Å². The first kappa shape index (κ1) is 42.3. The van der Waals surface area contributed by atoms with E-state index in [0.717, 1.165) is 8.45 Å². The Morgan fingerprint density at radius 1 is 0.527 bits per heavy atom. The van der Waals surface area contributed by atoms with Gasteiger partial charge in [0.05, 0.1) is 0 Å². The van der Waals surface area contributed by atoms with Gasteiger partial charge < -0.3 is 24.8 Å². The second kappa shape index (κ2) is 15.8.